The summed E-state index contributed by atoms with van der Waals surface area (Å²) in [6, 6.07) is 13.6. The first kappa shape index (κ1) is 23.4. The molecule has 1 heterocycles. The molecule has 0 aliphatic carbocycles. The maximum absolute atomic E-state index is 13.0. The largest absolute Gasteiger partial charge is 0.507 e. The summed E-state index contributed by atoms with van der Waals surface area (Å²) < 4.78 is 11.5. The molecule has 0 radical (unpaired) electrons. The second-order valence-corrected chi connectivity index (χ2v) is 8.11. The average Bonchev–Trinajstić information content (AvgIpc) is 3.02. The van der Waals surface area contributed by atoms with Crippen LogP contribution in [0.4, 0.5) is 0 Å². The van der Waals surface area contributed by atoms with Crippen molar-refractivity contribution in [2.24, 2.45) is 0 Å². The third-order valence-corrected chi connectivity index (χ3v) is 5.13. The smallest absolute Gasteiger partial charge is 0.295 e. The van der Waals surface area contributed by atoms with E-state index in [1.165, 1.54) is 4.90 Å². The van der Waals surface area contributed by atoms with Crippen LogP contribution in [-0.4, -0.2) is 41.0 Å². The minimum atomic E-state index is -0.685. The normalized spacial score (nSPS) is 17.8. The lowest BCUT2D eigenvalue weighted by Gasteiger charge is -2.25. The summed E-state index contributed by atoms with van der Waals surface area (Å²) in [5.74, 6) is -0.248. The molecule has 2 aromatic rings. The first-order valence-corrected chi connectivity index (χ1v) is 11.2. The predicted octanol–water partition coefficient (Wildman–Crippen LogP) is 5.09. The fourth-order valence-corrected chi connectivity index (χ4v) is 3.84. The Morgan fingerprint density at radius 3 is 2.44 bits per heavy atom. The zero-order valence-electron chi connectivity index (χ0n) is 19.1. The van der Waals surface area contributed by atoms with Gasteiger partial charge in [0.15, 0.2) is 0 Å². The lowest BCUT2D eigenvalue weighted by molar-refractivity contribution is -0.139. The predicted molar refractivity (Wildman–Crippen MR) is 124 cm³/mol. The van der Waals surface area contributed by atoms with Gasteiger partial charge in [0.2, 0.25) is 0 Å². The number of hydrogen-bond acceptors (Lipinski definition) is 5. The maximum atomic E-state index is 13.0. The summed E-state index contributed by atoms with van der Waals surface area (Å²) in [5, 5.41) is 11.2. The number of aliphatic hydroxyl groups excluding tert-OH is 1. The molecule has 1 N–H and O–H groups in total. The van der Waals surface area contributed by atoms with Gasteiger partial charge in [-0.15, -0.1) is 0 Å². The monoisotopic (exact) mass is 437 g/mol. The lowest BCUT2D eigenvalue weighted by Crippen LogP contribution is -2.30. The van der Waals surface area contributed by atoms with Crippen molar-refractivity contribution in [2.75, 3.05) is 13.2 Å². The van der Waals surface area contributed by atoms with Gasteiger partial charge >= 0.3 is 0 Å². The second kappa shape index (κ2) is 10.4. The van der Waals surface area contributed by atoms with E-state index < -0.39 is 17.7 Å². The summed E-state index contributed by atoms with van der Waals surface area (Å²) in [6.07, 6.45) is 1.52. The third-order valence-electron chi connectivity index (χ3n) is 5.13. The third kappa shape index (κ3) is 4.96. The van der Waals surface area contributed by atoms with E-state index in [4.69, 9.17) is 9.47 Å². The van der Waals surface area contributed by atoms with E-state index in [9.17, 15) is 14.7 Å². The molecule has 1 fully saturated rings. The number of Topliss-reactive ketones (excluding diaryl/α,β-unsaturated/α-hetero) is 1. The van der Waals surface area contributed by atoms with Gasteiger partial charge in [0.25, 0.3) is 11.7 Å². The molecule has 1 amide bonds. The number of ketones is 1. The Kier molecular flexibility index (Phi) is 7.57. The molecule has 0 saturated carbocycles. The number of likely N-dealkylation sites (tertiary alicyclic amines) is 1. The average molecular weight is 438 g/mol. The quantitative estimate of drug-likeness (QED) is 0.336. The molecule has 1 unspecified atom stereocenters. The highest BCUT2D eigenvalue weighted by molar-refractivity contribution is 6.46. The molecule has 0 aromatic heterocycles. The first-order chi connectivity index (χ1) is 15.4. The summed E-state index contributed by atoms with van der Waals surface area (Å²) >= 11 is 0. The van der Waals surface area contributed by atoms with Crippen molar-refractivity contribution in [2.45, 2.75) is 52.7 Å². The Morgan fingerprint density at radius 2 is 1.75 bits per heavy atom. The van der Waals surface area contributed by atoms with E-state index in [0.29, 0.717) is 36.6 Å². The van der Waals surface area contributed by atoms with Crippen LogP contribution in [0.2, 0.25) is 0 Å². The van der Waals surface area contributed by atoms with Gasteiger partial charge in [0, 0.05) is 12.1 Å². The zero-order chi connectivity index (χ0) is 23.3. The molecule has 2 aromatic carbocycles. The van der Waals surface area contributed by atoms with E-state index >= 15 is 0 Å². The van der Waals surface area contributed by atoms with E-state index in [1.807, 2.05) is 52.0 Å². The van der Waals surface area contributed by atoms with Crippen LogP contribution >= 0.6 is 0 Å². The zero-order valence-corrected chi connectivity index (χ0v) is 19.1. The van der Waals surface area contributed by atoms with Crippen molar-refractivity contribution in [1.82, 2.24) is 4.90 Å². The van der Waals surface area contributed by atoms with Crippen LogP contribution in [0, 0.1) is 0 Å². The molecule has 1 atom stereocenters. The highest BCUT2D eigenvalue weighted by Crippen LogP contribution is 2.40. The fraction of sp³-hybridized carbons (Fsp3) is 0.385. The number of rotatable bonds is 9. The SMILES string of the molecule is CCCOc1cccc(C2/C(=C(/O)c3cccc(OC(C)C)c3)C(=O)C(=O)N2CCC)c1. The second-order valence-electron chi connectivity index (χ2n) is 8.11. The van der Waals surface area contributed by atoms with Crippen LogP contribution in [0.1, 0.15) is 57.7 Å². The Morgan fingerprint density at radius 1 is 1.03 bits per heavy atom. The number of aliphatic hydroxyl groups is 1. The minimum Gasteiger partial charge on any atom is -0.507 e. The van der Waals surface area contributed by atoms with Crippen molar-refractivity contribution in [3.8, 4) is 11.5 Å². The number of amides is 1. The Balaban J connectivity index is 2.11. The molecule has 0 bridgehead atoms. The van der Waals surface area contributed by atoms with E-state index in [1.54, 1.807) is 24.3 Å². The van der Waals surface area contributed by atoms with Gasteiger partial charge in [0.1, 0.15) is 17.3 Å². The van der Waals surface area contributed by atoms with Gasteiger partial charge in [-0.1, -0.05) is 38.1 Å². The summed E-state index contributed by atoms with van der Waals surface area (Å²) in [4.78, 5) is 27.4. The van der Waals surface area contributed by atoms with Crippen LogP contribution in [0.15, 0.2) is 54.1 Å². The van der Waals surface area contributed by atoms with Crippen molar-refractivity contribution in [3.05, 3.63) is 65.2 Å². The van der Waals surface area contributed by atoms with Gasteiger partial charge in [-0.25, -0.2) is 0 Å². The van der Waals surface area contributed by atoms with Crippen LogP contribution in [-0.2, 0) is 9.59 Å². The molecule has 1 aliphatic heterocycles. The summed E-state index contributed by atoms with van der Waals surface area (Å²) in [7, 11) is 0. The highest BCUT2D eigenvalue weighted by Gasteiger charge is 2.45. The Labute approximate surface area is 189 Å². The number of ether oxygens (including phenoxy) is 2. The number of carbonyl (C=O) groups is 2. The molecule has 170 valence electrons. The minimum absolute atomic E-state index is 0.0339. The molecule has 3 rings (SSSR count). The standard InChI is InChI=1S/C26H31NO5/c1-5-13-27-23(18-9-7-11-20(15-18)31-14-6-2)22(25(29)26(27)30)24(28)19-10-8-12-21(16-19)32-17(3)4/h7-12,15-17,23,28H,5-6,13-14H2,1-4H3/b24-22-. The molecular formula is C26H31NO5. The van der Waals surface area contributed by atoms with Crippen LogP contribution in [0.25, 0.3) is 5.76 Å². The number of carbonyl (C=O) groups excluding carboxylic acids is 2. The molecule has 0 spiro atoms. The lowest BCUT2D eigenvalue weighted by atomic mass is 9.95. The molecule has 1 saturated heterocycles. The fourth-order valence-electron chi connectivity index (χ4n) is 3.84. The van der Waals surface area contributed by atoms with Gasteiger partial charge in [-0.05, 0) is 56.5 Å². The van der Waals surface area contributed by atoms with E-state index in [2.05, 4.69) is 0 Å². The van der Waals surface area contributed by atoms with Gasteiger partial charge in [0.05, 0.1) is 24.3 Å². The first-order valence-electron chi connectivity index (χ1n) is 11.2. The number of benzene rings is 2. The molecule has 6 nitrogen and oxygen atoms in total. The van der Waals surface area contributed by atoms with Crippen LogP contribution < -0.4 is 9.47 Å². The van der Waals surface area contributed by atoms with Crippen LogP contribution in [0.3, 0.4) is 0 Å². The van der Waals surface area contributed by atoms with E-state index in [0.717, 1.165) is 12.0 Å². The van der Waals surface area contributed by atoms with Crippen molar-refractivity contribution in [1.29, 1.82) is 0 Å². The Bertz CT molecular complexity index is 1010. The number of nitrogens with zero attached hydrogens (tertiary/aromatic N) is 1. The van der Waals surface area contributed by atoms with Gasteiger partial charge in [-0.3, -0.25) is 9.59 Å². The van der Waals surface area contributed by atoms with Crippen LogP contribution in [0.5, 0.6) is 11.5 Å². The Hall–Kier alpha value is -3.28. The van der Waals surface area contributed by atoms with Crippen molar-refractivity contribution in [3.63, 3.8) is 0 Å². The molecule has 1 aliphatic rings. The van der Waals surface area contributed by atoms with Gasteiger partial charge in [-0.2, -0.15) is 0 Å². The highest BCUT2D eigenvalue weighted by atomic mass is 16.5. The van der Waals surface area contributed by atoms with E-state index in [-0.39, 0.29) is 17.4 Å². The maximum Gasteiger partial charge on any atom is 0.295 e. The molecule has 6 heteroatoms. The summed E-state index contributed by atoms with van der Waals surface area (Å²) in [5.41, 5.74) is 1.24. The number of hydrogen-bond donors (Lipinski definition) is 1. The molecular weight excluding hydrogens is 406 g/mol. The topological polar surface area (TPSA) is 76.1 Å². The van der Waals surface area contributed by atoms with Gasteiger partial charge < -0.3 is 19.5 Å². The van der Waals surface area contributed by atoms with Crippen molar-refractivity contribution < 1.29 is 24.2 Å². The van der Waals surface area contributed by atoms with Crippen molar-refractivity contribution >= 4 is 17.4 Å². The molecule has 32 heavy (non-hydrogen) atoms. The summed E-state index contributed by atoms with van der Waals surface area (Å²) in [6.45, 7) is 8.78.